The Morgan fingerprint density at radius 2 is 2.05 bits per heavy atom. The lowest BCUT2D eigenvalue weighted by atomic mass is 10.0. The van der Waals surface area contributed by atoms with Gasteiger partial charge in [-0.05, 0) is 58.7 Å². The van der Waals surface area contributed by atoms with Crippen LogP contribution in [-0.4, -0.2) is 60.5 Å². The molecule has 1 unspecified atom stereocenters. The number of rotatable bonds is 2. The predicted octanol–water partition coefficient (Wildman–Crippen LogP) is 1.38. The number of carbonyl (C=O) groups excluding carboxylic acids is 1. The molecule has 2 saturated heterocycles. The largest absolute Gasteiger partial charge is 0.337 e. The number of hydrogen-bond acceptors (Lipinski definition) is 3. The molecule has 0 aromatic carbocycles. The molecule has 0 saturated carbocycles. The molecule has 112 valence electrons. The third-order valence-corrected chi connectivity index (χ3v) is 5.10. The summed E-state index contributed by atoms with van der Waals surface area (Å²) in [5.41, 5.74) is 1.43. The molecule has 1 amide bonds. The highest BCUT2D eigenvalue weighted by molar-refractivity contribution is 5.82. The van der Waals surface area contributed by atoms with Gasteiger partial charge in [0.15, 0.2) is 0 Å². The van der Waals surface area contributed by atoms with Crippen molar-refractivity contribution in [3.8, 4) is 0 Å². The molecule has 1 atom stereocenters. The number of hydrogen-bond donors (Lipinski definition) is 1. The van der Waals surface area contributed by atoms with Crippen LogP contribution in [-0.2, 0) is 4.79 Å². The van der Waals surface area contributed by atoms with Crippen LogP contribution in [0.5, 0.6) is 0 Å². The summed E-state index contributed by atoms with van der Waals surface area (Å²) in [6.07, 6.45) is 7.90. The van der Waals surface area contributed by atoms with Crippen molar-refractivity contribution in [3.05, 3.63) is 11.6 Å². The molecule has 20 heavy (non-hydrogen) atoms. The minimum atomic E-state index is 0.157. The van der Waals surface area contributed by atoms with E-state index in [-0.39, 0.29) is 6.04 Å². The van der Waals surface area contributed by atoms with E-state index in [9.17, 15) is 4.79 Å². The van der Waals surface area contributed by atoms with Crippen LogP contribution in [0.15, 0.2) is 11.6 Å². The first-order valence-corrected chi connectivity index (χ1v) is 8.16. The van der Waals surface area contributed by atoms with Gasteiger partial charge in [0.2, 0.25) is 5.91 Å². The van der Waals surface area contributed by atoms with E-state index in [1.807, 2.05) is 0 Å². The maximum Gasteiger partial charge on any atom is 0.240 e. The van der Waals surface area contributed by atoms with Crippen LogP contribution in [0.25, 0.3) is 0 Å². The summed E-state index contributed by atoms with van der Waals surface area (Å²) in [5.74, 6) is 0.379. The number of likely N-dealkylation sites (tertiary alicyclic amines) is 1. The normalized spacial score (nSPS) is 29.6. The summed E-state index contributed by atoms with van der Waals surface area (Å²) in [6, 6.07) is 0.777. The highest BCUT2D eigenvalue weighted by Crippen LogP contribution is 2.26. The highest BCUT2D eigenvalue weighted by atomic mass is 16.2. The van der Waals surface area contributed by atoms with Crippen molar-refractivity contribution < 1.29 is 4.79 Å². The molecule has 3 rings (SSSR count). The molecule has 3 aliphatic heterocycles. The molecular formula is C16H27N3O. The van der Waals surface area contributed by atoms with E-state index in [2.05, 4.69) is 28.1 Å². The smallest absolute Gasteiger partial charge is 0.240 e. The summed E-state index contributed by atoms with van der Waals surface area (Å²) in [4.78, 5) is 17.4. The van der Waals surface area contributed by atoms with Gasteiger partial charge in [0.1, 0.15) is 0 Å². The van der Waals surface area contributed by atoms with Gasteiger partial charge in [-0.15, -0.1) is 0 Å². The minimum Gasteiger partial charge on any atom is -0.337 e. The fourth-order valence-electron chi connectivity index (χ4n) is 3.81. The fraction of sp³-hybridized carbons (Fsp3) is 0.812. The van der Waals surface area contributed by atoms with Crippen molar-refractivity contribution in [2.24, 2.45) is 0 Å². The summed E-state index contributed by atoms with van der Waals surface area (Å²) in [6.45, 7) is 7.23. The Kier molecular flexibility index (Phi) is 4.41. The molecule has 3 aliphatic rings. The zero-order valence-corrected chi connectivity index (χ0v) is 12.6. The standard InChI is InChI=1S/C16H27N3O/c1-13-6-11-18(12-7-13)16(20)15-3-2-10-19(15)14-4-8-17-9-5-14/h6,14-15,17H,2-5,7-12H2,1H3. The average Bonchev–Trinajstić information content (AvgIpc) is 2.97. The van der Waals surface area contributed by atoms with Crippen LogP contribution < -0.4 is 5.32 Å². The second-order valence-corrected chi connectivity index (χ2v) is 6.46. The van der Waals surface area contributed by atoms with Gasteiger partial charge in [-0.1, -0.05) is 11.6 Å². The minimum absolute atomic E-state index is 0.157. The number of nitrogens with zero attached hydrogens (tertiary/aromatic N) is 2. The molecule has 0 radical (unpaired) electrons. The summed E-state index contributed by atoms with van der Waals surface area (Å²) >= 11 is 0. The Hall–Kier alpha value is -0.870. The third-order valence-electron chi connectivity index (χ3n) is 5.10. The van der Waals surface area contributed by atoms with Gasteiger partial charge in [-0.3, -0.25) is 9.69 Å². The van der Waals surface area contributed by atoms with E-state index >= 15 is 0 Å². The molecule has 3 heterocycles. The Balaban J connectivity index is 1.64. The van der Waals surface area contributed by atoms with Crippen LogP contribution in [0.3, 0.4) is 0 Å². The maximum atomic E-state index is 12.8. The van der Waals surface area contributed by atoms with Crippen molar-refractivity contribution in [3.63, 3.8) is 0 Å². The molecule has 0 bridgehead atoms. The van der Waals surface area contributed by atoms with Gasteiger partial charge >= 0.3 is 0 Å². The van der Waals surface area contributed by atoms with Crippen LogP contribution in [0.4, 0.5) is 0 Å². The quantitative estimate of drug-likeness (QED) is 0.775. The first-order chi connectivity index (χ1) is 9.75. The van der Waals surface area contributed by atoms with Crippen molar-refractivity contribution in [2.45, 2.75) is 51.1 Å². The third kappa shape index (κ3) is 2.91. The average molecular weight is 277 g/mol. The zero-order valence-electron chi connectivity index (χ0n) is 12.6. The first kappa shape index (κ1) is 14.1. The molecule has 0 aromatic heterocycles. The lowest BCUT2D eigenvalue weighted by Gasteiger charge is -2.37. The van der Waals surface area contributed by atoms with Crippen molar-refractivity contribution in [2.75, 3.05) is 32.7 Å². The van der Waals surface area contributed by atoms with E-state index in [0.29, 0.717) is 11.9 Å². The molecule has 0 aliphatic carbocycles. The lowest BCUT2D eigenvalue weighted by molar-refractivity contribution is -0.136. The van der Waals surface area contributed by atoms with E-state index in [4.69, 9.17) is 0 Å². The molecule has 4 nitrogen and oxygen atoms in total. The highest BCUT2D eigenvalue weighted by Gasteiger charge is 2.37. The van der Waals surface area contributed by atoms with E-state index < -0.39 is 0 Å². The molecular weight excluding hydrogens is 250 g/mol. The first-order valence-electron chi connectivity index (χ1n) is 8.16. The van der Waals surface area contributed by atoms with Crippen LogP contribution in [0.2, 0.25) is 0 Å². The van der Waals surface area contributed by atoms with E-state index in [0.717, 1.165) is 45.6 Å². The molecule has 0 aromatic rings. The van der Waals surface area contributed by atoms with Gasteiger partial charge in [0.05, 0.1) is 6.04 Å². The van der Waals surface area contributed by atoms with Gasteiger partial charge < -0.3 is 10.2 Å². The summed E-state index contributed by atoms with van der Waals surface area (Å²) in [5, 5.41) is 3.42. The van der Waals surface area contributed by atoms with Crippen LogP contribution >= 0.6 is 0 Å². The van der Waals surface area contributed by atoms with Crippen molar-refractivity contribution in [1.82, 2.24) is 15.1 Å². The number of carbonyl (C=O) groups is 1. The van der Waals surface area contributed by atoms with E-state index in [1.165, 1.54) is 24.8 Å². The van der Waals surface area contributed by atoms with Gasteiger partial charge in [0, 0.05) is 19.1 Å². The maximum absolute atomic E-state index is 12.8. The topological polar surface area (TPSA) is 35.6 Å². The molecule has 0 spiro atoms. The SMILES string of the molecule is CC1=CCN(C(=O)C2CCCN2C2CCNCC2)CC1. The zero-order chi connectivity index (χ0) is 13.9. The Morgan fingerprint density at radius 3 is 2.75 bits per heavy atom. The Labute approximate surface area is 122 Å². The summed E-state index contributed by atoms with van der Waals surface area (Å²) < 4.78 is 0. The number of amides is 1. The van der Waals surface area contributed by atoms with Crippen LogP contribution in [0, 0.1) is 0 Å². The monoisotopic (exact) mass is 277 g/mol. The molecule has 4 heteroatoms. The number of piperidine rings is 1. The second-order valence-electron chi connectivity index (χ2n) is 6.46. The van der Waals surface area contributed by atoms with Crippen molar-refractivity contribution >= 4 is 5.91 Å². The Morgan fingerprint density at radius 1 is 1.25 bits per heavy atom. The lowest BCUT2D eigenvalue weighted by Crippen LogP contribution is -2.52. The number of nitrogens with one attached hydrogen (secondary N) is 1. The summed E-state index contributed by atoms with van der Waals surface area (Å²) in [7, 11) is 0. The van der Waals surface area contributed by atoms with E-state index in [1.54, 1.807) is 0 Å². The van der Waals surface area contributed by atoms with Crippen molar-refractivity contribution in [1.29, 1.82) is 0 Å². The van der Waals surface area contributed by atoms with Gasteiger partial charge in [0.25, 0.3) is 0 Å². The van der Waals surface area contributed by atoms with Gasteiger partial charge in [-0.2, -0.15) is 0 Å². The fourth-order valence-corrected chi connectivity index (χ4v) is 3.81. The van der Waals surface area contributed by atoms with Gasteiger partial charge in [-0.25, -0.2) is 0 Å². The predicted molar refractivity (Wildman–Crippen MR) is 80.6 cm³/mol. The Bertz CT molecular complexity index is 387. The molecule has 2 fully saturated rings. The second kappa shape index (κ2) is 6.27. The van der Waals surface area contributed by atoms with Crippen LogP contribution in [0.1, 0.15) is 39.0 Å². The molecule has 1 N–H and O–H groups in total.